The minimum absolute atomic E-state index is 0.158. The van der Waals surface area contributed by atoms with E-state index in [-0.39, 0.29) is 12.1 Å². The maximum atomic E-state index is 11.7. The van der Waals surface area contributed by atoms with Crippen molar-refractivity contribution in [2.24, 2.45) is 0 Å². The van der Waals surface area contributed by atoms with E-state index in [2.05, 4.69) is 10.6 Å². The fourth-order valence-electron chi connectivity index (χ4n) is 1.99. The van der Waals surface area contributed by atoms with Crippen LogP contribution in [0.4, 0.5) is 10.5 Å². The standard InChI is InChI=1S/C14H20N2O3/c1-2-18-12-7-5-11(6-8-12)16-14(17)15-10-13-4-3-9-19-13/h5-8,13H,2-4,9-10H2,1H3,(H2,15,16,17)/t13-/m0/s1. The number of benzene rings is 1. The van der Waals surface area contributed by atoms with Gasteiger partial charge >= 0.3 is 6.03 Å². The highest BCUT2D eigenvalue weighted by Gasteiger charge is 2.15. The topological polar surface area (TPSA) is 59.6 Å². The number of urea groups is 1. The highest BCUT2D eigenvalue weighted by atomic mass is 16.5. The summed E-state index contributed by atoms with van der Waals surface area (Å²) in [6.45, 7) is 3.93. The molecule has 0 aliphatic carbocycles. The molecule has 2 rings (SSSR count). The second kappa shape index (κ2) is 6.99. The van der Waals surface area contributed by atoms with Crippen LogP contribution in [0.3, 0.4) is 0 Å². The summed E-state index contributed by atoms with van der Waals surface area (Å²) in [4.78, 5) is 11.7. The molecule has 0 bridgehead atoms. The molecule has 2 N–H and O–H groups in total. The first-order chi connectivity index (χ1) is 9.28. The van der Waals surface area contributed by atoms with Crippen molar-refractivity contribution < 1.29 is 14.3 Å². The Morgan fingerprint density at radius 3 is 2.84 bits per heavy atom. The van der Waals surface area contributed by atoms with Crippen LogP contribution in [-0.4, -0.2) is 31.9 Å². The predicted molar refractivity (Wildman–Crippen MR) is 73.6 cm³/mol. The molecule has 0 spiro atoms. The van der Waals surface area contributed by atoms with Gasteiger partial charge in [0.1, 0.15) is 5.75 Å². The van der Waals surface area contributed by atoms with E-state index in [1.54, 1.807) is 0 Å². The van der Waals surface area contributed by atoms with Gasteiger partial charge in [-0.2, -0.15) is 0 Å². The summed E-state index contributed by atoms with van der Waals surface area (Å²) in [7, 11) is 0. The molecule has 1 saturated heterocycles. The third kappa shape index (κ3) is 4.44. The number of hydrogen-bond acceptors (Lipinski definition) is 3. The lowest BCUT2D eigenvalue weighted by atomic mass is 10.2. The first-order valence-corrected chi connectivity index (χ1v) is 6.67. The SMILES string of the molecule is CCOc1ccc(NC(=O)NC[C@@H]2CCCO2)cc1. The largest absolute Gasteiger partial charge is 0.494 e. The highest BCUT2D eigenvalue weighted by Crippen LogP contribution is 2.15. The lowest BCUT2D eigenvalue weighted by Crippen LogP contribution is -2.34. The number of hydrogen-bond donors (Lipinski definition) is 2. The zero-order chi connectivity index (χ0) is 13.5. The van der Waals surface area contributed by atoms with Gasteiger partial charge in [-0.3, -0.25) is 0 Å². The quantitative estimate of drug-likeness (QED) is 0.858. The Morgan fingerprint density at radius 1 is 1.42 bits per heavy atom. The molecule has 0 aromatic heterocycles. The molecule has 1 aromatic carbocycles. The molecule has 0 radical (unpaired) electrons. The summed E-state index contributed by atoms with van der Waals surface area (Å²) < 4.78 is 10.8. The molecule has 1 aromatic rings. The van der Waals surface area contributed by atoms with Gasteiger partial charge < -0.3 is 20.1 Å². The van der Waals surface area contributed by atoms with Gasteiger partial charge in [-0.05, 0) is 44.0 Å². The molecular formula is C14H20N2O3. The van der Waals surface area contributed by atoms with E-state index in [4.69, 9.17) is 9.47 Å². The van der Waals surface area contributed by atoms with Crippen molar-refractivity contribution in [3.63, 3.8) is 0 Å². The van der Waals surface area contributed by atoms with Crippen molar-refractivity contribution in [3.8, 4) is 5.75 Å². The number of anilines is 1. The maximum absolute atomic E-state index is 11.7. The van der Waals surface area contributed by atoms with Crippen LogP contribution >= 0.6 is 0 Å². The molecule has 1 fully saturated rings. The number of rotatable bonds is 5. The second-order valence-corrected chi connectivity index (χ2v) is 4.43. The molecule has 5 nitrogen and oxygen atoms in total. The Kier molecular flexibility index (Phi) is 5.03. The normalized spacial score (nSPS) is 18.1. The van der Waals surface area contributed by atoms with Crippen LogP contribution < -0.4 is 15.4 Å². The van der Waals surface area contributed by atoms with Crippen LogP contribution in [0.15, 0.2) is 24.3 Å². The first kappa shape index (κ1) is 13.7. The fourth-order valence-corrected chi connectivity index (χ4v) is 1.99. The van der Waals surface area contributed by atoms with Crippen LogP contribution in [0.25, 0.3) is 0 Å². The van der Waals surface area contributed by atoms with Crippen LogP contribution in [0.5, 0.6) is 5.75 Å². The van der Waals surface area contributed by atoms with E-state index in [9.17, 15) is 4.79 Å². The maximum Gasteiger partial charge on any atom is 0.319 e. The van der Waals surface area contributed by atoms with Gasteiger partial charge in [-0.15, -0.1) is 0 Å². The van der Waals surface area contributed by atoms with Gasteiger partial charge in [0.15, 0.2) is 0 Å². The highest BCUT2D eigenvalue weighted by molar-refractivity contribution is 5.89. The summed E-state index contributed by atoms with van der Waals surface area (Å²) >= 11 is 0. The Hall–Kier alpha value is -1.75. The molecule has 0 saturated carbocycles. The van der Waals surface area contributed by atoms with Gasteiger partial charge in [-0.1, -0.05) is 0 Å². The van der Waals surface area contributed by atoms with Gasteiger partial charge in [-0.25, -0.2) is 4.79 Å². The number of amides is 2. The minimum Gasteiger partial charge on any atom is -0.494 e. The van der Waals surface area contributed by atoms with Crippen LogP contribution in [0, 0.1) is 0 Å². The molecule has 5 heteroatoms. The fraction of sp³-hybridized carbons (Fsp3) is 0.500. The van der Waals surface area contributed by atoms with E-state index < -0.39 is 0 Å². The Balaban J connectivity index is 1.74. The summed E-state index contributed by atoms with van der Waals surface area (Å²) in [5.41, 5.74) is 0.744. The van der Waals surface area contributed by atoms with Crippen molar-refractivity contribution in [1.82, 2.24) is 5.32 Å². The third-order valence-corrected chi connectivity index (χ3v) is 2.94. The van der Waals surface area contributed by atoms with Crippen molar-refractivity contribution >= 4 is 11.7 Å². The average Bonchev–Trinajstić information content (AvgIpc) is 2.92. The summed E-state index contributed by atoms with van der Waals surface area (Å²) in [5, 5.41) is 5.58. The number of carbonyl (C=O) groups is 1. The Labute approximate surface area is 113 Å². The monoisotopic (exact) mass is 264 g/mol. The molecule has 19 heavy (non-hydrogen) atoms. The molecule has 1 atom stereocenters. The molecular weight excluding hydrogens is 244 g/mol. The summed E-state index contributed by atoms with van der Waals surface area (Å²) in [6.07, 6.45) is 2.25. The third-order valence-electron chi connectivity index (χ3n) is 2.94. The minimum atomic E-state index is -0.209. The van der Waals surface area contributed by atoms with Crippen molar-refractivity contribution in [2.75, 3.05) is 25.1 Å². The molecule has 2 amide bonds. The Morgan fingerprint density at radius 2 is 2.21 bits per heavy atom. The van der Waals surface area contributed by atoms with E-state index in [0.717, 1.165) is 30.9 Å². The lowest BCUT2D eigenvalue weighted by molar-refractivity contribution is 0.112. The molecule has 104 valence electrons. The zero-order valence-corrected chi connectivity index (χ0v) is 11.1. The van der Waals surface area contributed by atoms with Crippen molar-refractivity contribution in [1.29, 1.82) is 0 Å². The van der Waals surface area contributed by atoms with Crippen LogP contribution in [0.2, 0.25) is 0 Å². The Bertz CT molecular complexity index is 400. The number of ether oxygens (including phenoxy) is 2. The smallest absolute Gasteiger partial charge is 0.319 e. The average molecular weight is 264 g/mol. The zero-order valence-electron chi connectivity index (χ0n) is 11.1. The molecule has 1 heterocycles. The first-order valence-electron chi connectivity index (χ1n) is 6.67. The predicted octanol–water partition coefficient (Wildman–Crippen LogP) is 2.39. The van der Waals surface area contributed by atoms with Gasteiger partial charge in [0.2, 0.25) is 0 Å². The molecule has 1 aliphatic heterocycles. The molecule has 1 aliphatic rings. The van der Waals surface area contributed by atoms with Crippen LogP contribution in [-0.2, 0) is 4.74 Å². The van der Waals surface area contributed by atoms with Gasteiger partial charge in [0, 0.05) is 18.8 Å². The van der Waals surface area contributed by atoms with Gasteiger partial charge in [0.05, 0.1) is 12.7 Å². The van der Waals surface area contributed by atoms with E-state index in [1.807, 2.05) is 31.2 Å². The summed E-state index contributed by atoms with van der Waals surface area (Å²) in [5.74, 6) is 0.799. The second-order valence-electron chi connectivity index (χ2n) is 4.43. The van der Waals surface area contributed by atoms with E-state index in [0.29, 0.717) is 13.2 Å². The van der Waals surface area contributed by atoms with E-state index >= 15 is 0 Å². The number of carbonyl (C=O) groups excluding carboxylic acids is 1. The van der Waals surface area contributed by atoms with Gasteiger partial charge in [0.25, 0.3) is 0 Å². The number of nitrogens with one attached hydrogen (secondary N) is 2. The summed E-state index contributed by atoms with van der Waals surface area (Å²) in [6, 6.07) is 7.09. The van der Waals surface area contributed by atoms with Crippen molar-refractivity contribution in [3.05, 3.63) is 24.3 Å². The lowest BCUT2D eigenvalue weighted by Gasteiger charge is -2.12. The van der Waals surface area contributed by atoms with E-state index in [1.165, 1.54) is 0 Å². The molecule has 0 unspecified atom stereocenters. The van der Waals surface area contributed by atoms with Crippen LogP contribution in [0.1, 0.15) is 19.8 Å². The van der Waals surface area contributed by atoms with Crippen molar-refractivity contribution in [2.45, 2.75) is 25.9 Å².